The number of rotatable bonds is 2. The van der Waals surface area contributed by atoms with Gasteiger partial charge in [0.15, 0.2) is 0 Å². The summed E-state index contributed by atoms with van der Waals surface area (Å²) in [6, 6.07) is 3.68. The number of nitrogens with one attached hydrogen (secondary N) is 1. The number of aromatic nitrogens is 9. The molecule has 0 bridgehead atoms. The van der Waals surface area contributed by atoms with Crippen LogP contribution in [0.4, 0.5) is 0 Å². The number of hydrogen-bond acceptors (Lipinski definition) is 6. The van der Waals surface area contributed by atoms with Crippen molar-refractivity contribution in [3.05, 3.63) is 30.9 Å². The number of fused-ring (bicyclic) bond motifs is 1. The Balaban J connectivity index is 2.00. The molecule has 0 radical (unpaired) electrons. The third-order valence-electron chi connectivity index (χ3n) is 3.01. The van der Waals surface area contributed by atoms with Gasteiger partial charge in [-0.3, -0.25) is 9.78 Å². The first kappa shape index (κ1) is 10.8. The van der Waals surface area contributed by atoms with Gasteiger partial charge in [-0.1, -0.05) is 0 Å². The van der Waals surface area contributed by atoms with Gasteiger partial charge in [-0.05, 0) is 12.1 Å². The lowest BCUT2D eigenvalue weighted by molar-refractivity contribution is 0.770. The van der Waals surface area contributed by atoms with Gasteiger partial charge in [-0.25, -0.2) is 4.98 Å². The lowest BCUT2D eigenvalue weighted by atomic mass is 10.3. The van der Waals surface area contributed by atoms with E-state index in [1.165, 1.54) is 6.33 Å². The molecule has 1 N–H and O–H groups in total. The monoisotopic (exact) mass is 267 g/mol. The molecule has 0 amide bonds. The summed E-state index contributed by atoms with van der Waals surface area (Å²) < 4.78 is 3.36. The molecule has 0 atom stereocenters. The van der Waals surface area contributed by atoms with Crippen molar-refractivity contribution < 1.29 is 0 Å². The zero-order valence-electron chi connectivity index (χ0n) is 10.5. The van der Waals surface area contributed by atoms with Gasteiger partial charge in [-0.15, -0.1) is 10.2 Å². The van der Waals surface area contributed by atoms with Crippen LogP contribution >= 0.6 is 0 Å². The summed E-state index contributed by atoms with van der Waals surface area (Å²) in [5, 5.41) is 23.4. The average molecular weight is 267 g/mol. The third kappa shape index (κ3) is 1.43. The van der Waals surface area contributed by atoms with Gasteiger partial charge in [0.25, 0.3) is 0 Å². The van der Waals surface area contributed by atoms with E-state index in [0.717, 1.165) is 11.4 Å². The first-order chi connectivity index (χ1) is 9.84. The Morgan fingerprint density at radius 2 is 2.05 bits per heavy atom. The summed E-state index contributed by atoms with van der Waals surface area (Å²) >= 11 is 0. The number of hydrogen-bond donors (Lipinski definition) is 1. The Labute approximate surface area is 112 Å². The molecule has 0 aliphatic carbocycles. The van der Waals surface area contributed by atoms with Gasteiger partial charge < -0.3 is 0 Å². The molecule has 0 saturated carbocycles. The van der Waals surface area contributed by atoms with Crippen molar-refractivity contribution in [1.29, 1.82) is 0 Å². The van der Waals surface area contributed by atoms with Crippen LogP contribution in [0.1, 0.15) is 0 Å². The summed E-state index contributed by atoms with van der Waals surface area (Å²) in [6.07, 6.45) is 4.83. The molecule has 9 nitrogen and oxygen atoms in total. The number of aryl methyl sites for hydroxylation is 1. The van der Waals surface area contributed by atoms with E-state index in [1.54, 1.807) is 21.6 Å². The first-order valence-electron chi connectivity index (χ1n) is 5.89. The highest BCUT2D eigenvalue weighted by atomic mass is 15.4. The number of nitrogens with zero attached hydrogens (tertiary/aromatic N) is 8. The van der Waals surface area contributed by atoms with Crippen LogP contribution in [0.25, 0.3) is 28.6 Å². The van der Waals surface area contributed by atoms with Crippen LogP contribution in [0.5, 0.6) is 0 Å². The highest BCUT2D eigenvalue weighted by Gasteiger charge is 2.16. The fraction of sp³-hybridized carbons (Fsp3) is 0.0909. The molecular formula is C11H9N9. The fourth-order valence-corrected chi connectivity index (χ4v) is 2.06. The molecule has 0 unspecified atom stereocenters. The normalized spacial score (nSPS) is 11.2. The standard InChI is InChI=1S/C11H9N9/c1-19-8(3-5-14-19)9-11-18-17-10(7-2-4-13-16-7)20(11)15-6-12-9/h2-6H,1H3,(H,13,16). The molecule has 0 spiro atoms. The number of H-pyrrole nitrogens is 1. The van der Waals surface area contributed by atoms with Crippen LogP contribution in [0.2, 0.25) is 0 Å². The summed E-state index contributed by atoms with van der Waals surface area (Å²) in [5.74, 6) is 0.586. The molecule has 4 rings (SSSR count). The molecule has 9 heteroatoms. The molecule has 0 aromatic carbocycles. The van der Waals surface area contributed by atoms with Crippen LogP contribution in [0.15, 0.2) is 30.9 Å². The molecule has 0 fully saturated rings. The maximum Gasteiger partial charge on any atom is 0.206 e. The van der Waals surface area contributed by atoms with E-state index in [9.17, 15) is 0 Å². The summed E-state index contributed by atoms with van der Waals surface area (Å²) in [7, 11) is 1.85. The number of aromatic amines is 1. The van der Waals surface area contributed by atoms with Gasteiger partial charge in [0.05, 0.1) is 5.69 Å². The summed E-state index contributed by atoms with van der Waals surface area (Å²) in [6.45, 7) is 0. The third-order valence-corrected chi connectivity index (χ3v) is 3.01. The van der Waals surface area contributed by atoms with Gasteiger partial charge in [0, 0.05) is 19.4 Å². The van der Waals surface area contributed by atoms with E-state index in [-0.39, 0.29) is 0 Å². The minimum Gasteiger partial charge on any atom is -0.275 e. The van der Waals surface area contributed by atoms with Gasteiger partial charge in [0.2, 0.25) is 11.5 Å². The molecule has 4 aromatic heterocycles. The maximum atomic E-state index is 4.28. The average Bonchev–Trinajstić information content (AvgIpc) is 3.17. The van der Waals surface area contributed by atoms with E-state index >= 15 is 0 Å². The minimum absolute atomic E-state index is 0.570. The predicted molar refractivity (Wildman–Crippen MR) is 68.4 cm³/mol. The van der Waals surface area contributed by atoms with Crippen molar-refractivity contribution in [1.82, 2.24) is 44.8 Å². The maximum absolute atomic E-state index is 4.28. The zero-order chi connectivity index (χ0) is 13.5. The van der Waals surface area contributed by atoms with Crippen molar-refractivity contribution in [2.75, 3.05) is 0 Å². The highest BCUT2D eigenvalue weighted by Crippen LogP contribution is 2.22. The Bertz CT molecular complexity index is 870. The molecule has 0 aliphatic heterocycles. The second-order valence-electron chi connectivity index (χ2n) is 4.18. The smallest absolute Gasteiger partial charge is 0.206 e. The van der Waals surface area contributed by atoms with Gasteiger partial charge >= 0.3 is 0 Å². The summed E-state index contributed by atoms with van der Waals surface area (Å²) in [5.41, 5.74) is 2.84. The van der Waals surface area contributed by atoms with Crippen molar-refractivity contribution in [2.24, 2.45) is 7.05 Å². The van der Waals surface area contributed by atoms with E-state index in [2.05, 4.69) is 35.6 Å². The summed E-state index contributed by atoms with van der Waals surface area (Å²) in [4.78, 5) is 4.28. The quantitative estimate of drug-likeness (QED) is 0.560. The van der Waals surface area contributed by atoms with Crippen LogP contribution < -0.4 is 0 Å². The topological polar surface area (TPSA) is 102 Å². The first-order valence-corrected chi connectivity index (χ1v) is 5.89. The van der Waals surface area contributed by atoms with Crippen LogP contribution in [-0.4, -0.2) is 44.8 Å². The van der Waals surface area contributed by atoms with Crippen molar-refractivity contribution >= 4 is 5.65 Å². The van der Waals surface area contributed by atoms with Crippen LogP contribution in [0.3, 0.4) is 0 Å². The Morgan fingerprint density at radius 3 is 2.80 bits per heavy atom. The molecule has 98 valence electrons. The second kappa shape index (κ2) is 3.95. The zero-order valence-corrected chi connectivity index (χ0v) is 10.5. The SMILES string of the molecule is Cn1nccc1-c1ncnn2c(-c3ccn[nH]3)nnc12. The Kier molecular flexibility index (Phi) is 2.13. The van der Waals surface area contributed by atoms with Crippen molar-refractivity contribution in [3.8, 4) is 22.9 Å². The van der Waals surface area contributed by atoms with E-state index in [1.807, 2.05) is 19.2 Å². The molecular weight excluding hydrogens is 258 g/mol. The van der Waals surface area contributed by atoms with Gasteiger partial charge in [0.1, 0.15) is 17.7 Å². The van der Waals surface area contributed by atoms with Gasteiger partial charge in [-0.2, -0.15) is 19.8 Å². The van der Waals surface area contributed by atoms with Crippen molar-refractivity contribution in [2.45, 2.75) is 0 Å². The Morgan fingerprint density at radius 1 is 1.10 bits per heavy atom. The second-order valence-corrected chi connectivity index (χ2v) is 4.18. The molecule has 0 aliphatic rings. The lowest BCUT2D eigenvalue weighted by Gasteiger charge is -2.02. The molecule has 4 heterocycles. The van der Waals surface area contributed by atoms with Crippen LogP contribution in [-0.2, 0) is 7.05 Å². The molecule has 20 heavy (non-hydrogen) atoms. The van der Waals surface area contributed by atoms with E-state index in [0.29, 0.717) is 17.2 Å². The molecule has 4 aromatic rings. The molecule has 0 saturated heterocycles. The predicted octanol–water partition coefficient (Wildman–Crippen LogP) is 0.310. The largest absolute Gasteiger partial charge is 0.275 e. The van der Waals surface area contributed by atoms with E-state index < -0.39 is 0 Å². The fourth-order valence-electron chi connectivity index (χ4n) is 2.06. The minimum atomic E-state index is 0.570. The van der Waals surface area contributed by atoms with E-state index in [4.69, 9.17) is 0 Å². The Hall–Kier alpha value is -3.10. The lowest BCUT2D eigenvalue weighted by Crippen LogP contribution is -2.01. The highest BCUT2D eigenvalue weighted by molar-refractivity contribution is 5.72. The van der Waals surface area contributed by atoms with Crippen LogP contribution in [0, 0.1) is 0 Å². The van der Waals surface area contributed by atoms with Crippen molar-refractivity contribution in [3.63, 3.8) is 0 Å².